The minimum atomic E-state index is 0.322. The number of hydrogen-bond acceptors (Lipinski definition) is 2. The summed E-state index contributed by atoms with van der Waals surface area (Å²) in [6.45, 7) is 8.67. The van der Waals surface area contributed by atoms with Crippen molar-refractivity contribution in [3.8, 4) is 0 Å². The Labute approximate surface area is 79.6 Å². The van der Waals surface area contributed by atoms with Crippen LogP contribution in [0.5, 0.6) is 0 Å². The van der Waals surface area contributed by atoms with Crippen molar-refractivity contribution in [2.75, 3.05) is 0 Å². The zero-order valence-electron chi connectivity index (χ0n) is 6.82. The monoisotopic (exact) mass is 192 g/mol. The molecule has 0 unspecified atom stereocenters. The molecule has 2 rings (SSSR count). The molecule has 0 spiro atoms. The van der Waals surface area contributed by atoms with Crippen molar-refractivity contribution >= 4 is 22.9 Å². The number of hydrogen-bond donors (Lipinski definition) is 0. The third-order valence-corrected chi connectivity index (χ3v) is 2.08. The predicted molar refractivity (Wildman–Crippen MR) is 49.0 cm³/mol. The van der Waals surface area contributed by atoms with Gasteiger partial charge in [0.05, 0.1) is 12.8 Å². The Balaban J connectivity index is 2.95. The lowest BCUT2D eigenvalue weighted by Crippen LogP contribution is -1.94. The van der Waals surface area contributed by atoms with Crippen LogP contribution < -0.4 is 0 Å². The standard InChI is InChI=1S/C8H5ClN4/c1-5-7(10-2)8(9)13-6(12-5)3-4-11-13/h3-4H,1H3. The lowest BCUT2D eigenvalue weighted by molar-refractivity contribution is 0.936. The van der Waals surface area contributed by atoms with E-state index in [1.165, 1.54) is 4.52 Å². The minimum absolute atomic E-state index is 0.322. The first kappa shape index (κ1) is 8.02. The van der Waals surface area contributed by atoms with Crippen molar-refractivity contribution in [2.45, 2.75) is 6.92 Å². The van der Waals surface area contributed by atoms with Gasteiger partial charge in [0.25, 0.3) is 0 Å². The molecule has 5 heteroatoms. The molecule has 0 aliphatic heterocycles. The molecule has 0 fully saturated rings. The van der Waals surface area contributed by atoms with Crippen LogP contribution in [0, 0.1) is 13.5 Å². The van der Waals surface area contributed by atoms with E-state index in [2.05, 4.69) is 14.9 Å². The van der Waals surface area contributed by atoms with Gasteiger partial charge in [-0.05, 0) is 6.92 Å². The van der Waals surface area contributed by atoms with Gasteiger partial charge in [0.15, 0.2) is 5.65 Å². The van der Waals surface area contributed by atoms with E-state index < -0.39 is 0 Å². The molecule has 2 heterocycles. The van der Waals surface area contributed by atoms with E-state index in [1.54, 1.807) is 19.2 Å². The summed E-state index contributed by atoms with van der Waals surface area (Å²) in [5.41, 5.74) is 1.65. The first-order chi connectivity index (χ1) is 6.24. The maximum absolute atomic E-state index is 6.91. The summed E-state index contributed by atoms with van der Waals surface area (Å²) in [6.07, 6.45) is 1.60. The molecule has 64 valence electrons. The number of aromatic nitrogens is 3. The van der Waals surface area contributed by atoms with Crippen molar-refractivity contribution in [1.82, 2.24) is 14.6 Å². The Morgan fingerprint density at radius 3 is 3.08 bits per heavy atom. The Hall–Kier alpha value is -1.60. The Kier molecular flexibility index (Phi) is 1.67. The van der Waals surface area contributed by atoms with Gasteiger partial charge >= 0.3 is 0 Å². The normalized spacial score (nSPS) is 10.2. The SMILES string of the molecule is [C-]#[N+]c1c(C)nc2ccnn2c1Cl. The smallest absolute Gasteiger partial charge is 0.244 e. The molecule has 0 saturated heterocycles. The average molecular weight is 193 g/mol. The van der Waals surface area contributed by atoms with Gasteiger partial charge in [0.1, 0.15) is 5.15 Å². The second-order valence-electron chi connectivity index (χ2n) is 2.55. The van der Waals surface area contributed by atoms with Crippen molar-refractivity contribution in [1.29, 1.82) is 0 Å². The Bertz CT molecular complexity index is 509. The van der Waals surface area contributed by atoms with Crippen LogP contribution in [0.3, 0.4) is 0 Å². The van der Waals surface area contributed by atoms with Crippen LogP contribution in [0.4, 0.5) is 5.69 Å². The lowest BCUT2D eigenvalue weighted by Gasteiger charge is -2.01. The first-order valence-electron chi connectivity index (χ1n) is 3.61. The second-order valence-corrected chi connectivity index (χ2v) is 2.91. The third-order valence-electron chi connectivity index (χ3n) is 1.74. The fourth-order valence-electron chi connectivity index (χ4n) is 1.13. The summed E-state index contributed by atoms with van der Waals surface area (Å²) in [6, 6.07) is 1.74. The van der Waals surface area contributed by atoms with Crippen molar-refractivity contribution in [3.63, 3.8) is 0 Å². The van der Waals surface area contributed by atoms with E-state index in [0.29, 0.717) is 22.2 Å². The fraction of sp³-hybridized carbons (Fsp3) is 0.125. The van der Waals surface area contributed by atoms with Gasteiger partial charge in [-0.25, -0.2) is 14.3 Å². The molecule has 4 nitrogen and oxygen atoms in total. The molecule has 0 amide bonds. The molecule has 0 atom stereocenters. The van der Waals surface area contributed by atoms with E-state index in [1.807, 2.05) is 0 Å². The zero-order valence-corrected chi connectivity index (χ0v) is 7.58. The molecule has 0 bridgehead atoms. The number of rotatable bonds is 0. The highest BCUT2D eigenvalue weighted by molar-refractivity contribution is 6.32. The van der Waals surface area contributed by atoms with Crippen LogP contribution in [-0.2, 0) is 0 Å². The van der Waals surface area contributed by atoms with Crippen molar-refractivity contribution < 1.29 is 0 Å². The summed E-state index contributed by atoms with van der Waals surface area (Å²) in [5.74, 6) is 0. The summed E-state index contributed by atoms with van der Waals surface area (Å²) < 4.78 is 1.45. The lowest BCUT2D eigenvalue weighted by atomic mass is 10.4. The molecule has 0 aliphatic carbocycles. The van der Waals surface area contributed by atoms with Crippen LogP contribution in [0.15, 0.2) is 12.3 Å². The van der Waals surface area contributed by atoms with E-state index in [9.17, 15) is 0 Å². The van der Waals surface area contributed by atoms with Crippen molar-refractivity contribution in [2.24, 2.45) is 0 Å². The molecular formula is C8H5ClN4. The van der Waals surface area contributed by atoms with E-state index >= 15 is 0 Å². The largest absolute Gasteiger partial charge is 0.246 e. The van der Waals surface area contributed by atoms with Crippen LogP contribution in [-0.4, -0.2) is 14.6 Å². The van der Waals surface area contributed by atoms with Gasteiger partial charge < -0.3 is 0 Å². The zero-order chi connectivity index (χ0) is 9.42. The molecular weight excluding hydrogens is 188 g/mol. The molecule has 2 aromatic heterocycles. The fourth-order valence-corrected chi connectivity index (χ4v) is 1.44. The maximum atomic E-state index is 6.91. The van der Waals surface area contributed by atoms with Crippen LogP contribution >= 0.6 is 11.6 Å². The predicted octanol–water partition coefficient (Wildman–Crippen LogP) is 2.24. The molecule has 0 saturated carbocycles. The third kappa shape index (κ3) is 1.05. The highest BCUT2D eigenvalue weighted by atomic mass is 35.5. The molecule has 2 aromatic rings. The van der Waals surface area contributed by atoms with Crippen LogP contribution in [0.1, 0.15) is 5.69 Å². The second kappa shape index (κ2) is 2.71. The number of fused-ring (bicyclic) bond motifs is 1. The minimum Gasteiger partial charge on any atom is -0.246 e. The Morgan fingerprint density at radius 2 is 2.38 bits per heavy atom. The maximum Gasteiger partial charge on any atom is 0.244 e. The van der Waals surface area contributed by atoms with Crippen molar-refractivity contribution in [3.05, 3.63) is 34.5 Å². The van der Waals surface area contributed by atoms with Gasteiger partial charge in [-0.15, -0.1) is 0 Å². The number of aryl methyl sites for hydroxylation is 1. The summed E-state index contributed by atoms with van der Waals surface area (Å²) in [4.78, 5) is 7.46. The van der Waals surface area contributed by atoms with E-state index in [0.717, 1.165) is 0 Å². The van der Waals surface area contributed by atoms with Gasteiger partial charge in [-0.3, -0.25) is 0 Å². The average Bonchev–Trinajstić information content (AvgIpc) is 2.53. The van der Waals surface area contributed by atoms with Gasteiger partial charge in [-0.1, -0.05) is 11.6 Å². The first-order valence-corrected chi connectivity index (χ1v) is 3.99. The molecule has 0 N–H and O–H groups in total. The van der Waals surface area contributed by atoms with Gasteiger partial charge in [0.2, 0.25) is 5.69 Å². The summed E-state index contributed by atoms with van der Waals surface area (Å²) >= 11 is 5.94. The van der Waals surface area contributed by atoms with Gasteiger partial charge in [0, 0.05) is 11.8 Å². The summed E-state index contributed by atoms with van der Waals surface area (Å²) in [5, 5.41) is 4.27. The highest BCUT2D eigenvalue weighted by Gasteiger charge is 2.10. The van der Waals surface area contributed by atoms with Gasteiger partial charge in [-0.2, -0.15) is 5.10 Å². The quantitative estimate of drug-likeness (QED) is 0.474. The molecule has 0 aromatic carbocycles. The summed E-state index contributed by atoms with van der Waals surface area (Å²) in [7, 11) is 0. The number of halogens is 1. The molecule has 13 heavy (non-hydrogen) atoms. The van der Waals surface area contributed by atoms with E-state index in [4.69, 9.17) is 18.2 Å². The van der Waals surface area contributed by atoms with Crippen LogP contribution in [0.25, 0.3) is 10.5 Å². The van der Waals surface area contributed by atoms with Crippen LogP contribution in [0.2, 0.25) is 5.15 Å². The topological polar surface area (TPSA) is 34.5 Å². The molecule has 0 aliphatic rings. The molecule has 0 radical (unpaired) electrons. The number of nitrogens with zero attached hydrogens (tertiary/aromatic N) is 4. The van der Waals surface area contributed by atoms with E-state index in [-0.39, 0.29) is 0 Å². The highest BCUT2D eigenvalue weighted by Crippen LogP contribution is 2.27. The Morgan fingerprint density at radius 1 is 1.62 bits per heavy atom.